The van der Waals surface area contributed by atoms with Crippen molar-refractivity contribution in [2.45, 2.75) is 11.4 Å². The molecule has 1 fully saturated rings. The first-order chi connectivity index (χ1) is 22.0. The number of phenols is 1. The van der Waals surface area contributed by atoms with E-state index in [0.717, 1.165) is 11.8 Å². The van der Waals surface area contributed by atoms with Crippen molar-refractivity contribution in [3.63, 3.8) is 0 Å². The predicted molar refractivity (Wildman–Crippen MR) is 176 cm³/mol. The van der Waals surface area contributed by atoms with Crippen molar-refractivity contribution in [2.75, 3.05) is 11.9 Å². The second kappa shape index (κ2) is 14.2. The van der Waals surface area contributed by atoms with Crippen LogP contribution in [0.5, 0.6) is 11.5 Å². The van der Waals surface area contributed by atoms with E-state index < -0.39 is 28.4 Å². The van der Waals surface area contributed by atoms with E-state index >= 15 is 0 Å². The maximum absolute atomic E-state index is 13.6. The summed E-state index contributed by atoms with van der Waals surface area (Å²) in [5, 5.41) is 27.1. The number of amidine groups is 1. The van der Waals surface area contributed by atoms with Gasteiger partial charge in [0.2, 0.25) is 10.0 Å². The number of hydrogen-bond donors (Lipinski definition) is 3. The Kier molecular flexibility index (Phi) is 10.1. The Morgan fingerprint density at radius 1 is 1.07 bits per heavy atom. The number of primary sulfonamides is 1. The highest BCUT2D eigenvalue weighted by Gasteiger charge is 2.34. The number of sulfonamides is 1. The normalized spacial score (nSPS) is 15.3. The smallest absolute Gasteiger partial charge is 0.267 e. The van der Waals surface area contributed by atoms with Crippen LogP contribution in [0, 0.1) is 0 Å². The number of amides is 2. The Balaban J connectivity index is 1.35. The van der Waals surface area contributed by atoms with Gasteiger partial charge < -0.3 is 19.6 Å². The van der Waals surface area contributed by atoms with Gasteiger partial charge >= 0.3 is 0 Å². The van der Waals surface area contributed by atoms with E-state index in [0.29, 0.717) is 32.6 Å². The summed E-state index contributed by atoms with van der Waals surface area (Å²) in [5.41, 5.74) is 1.09. The van der Waals surface area contributed by atoms with Crippen LogP contribution in [0.25, 0.3) is 6.08 Å². The number of halogens is 2. The Morgan fingerprint density at radius 3 is 2.48 bits per heavy atom. The second-order valence-electron chi connectivity index (χ2n) is 9.50. The highest BCUT2D eigenvalue weighted by Crippen LogP contribution is 2.36. The average molecular weight is 701 g/mol. The molecule has 4 N–H and O–H groups in total. The fourth-order valence-corrected chi connectivity index (χ4v) is 5.82. The molecule has 2 heterocycles. The average Bonchev–Trinajstić information content (AvgIpc) is 3.63. The number of carbonyl (C=O) groups is 2. The van der Waals surface area contributed by atoms with E-state index in [1.54, 1.807) is 36.4 Å². The first-order valence-electron chi connectivity index (χ1n) is 13.1. The van der Waals surface area contributed by atoms with Gasteiger partial charge in [0, 0.05) is 26.9 Å². The van der Waals surface area contributed by atoms with Crippen molar-refractivity contribution in [1.29, 1.82) is 0 Å². The second-order valence-corrected chi connectivity index (χ2v) is 12.9. The standard InChI is InChI=1S/C30H23Cl2N5O7S2/c31-20-3-9-25(38)19(13-20)15-34-36-30-37(16-23-2-1-11-43-23)29(40)27(45-30)14-18-12-21(32)4-10-26(18)44-17-28(39)35-22-5-7-24(8-6-22)46(33,41)42/h1-15,38H,16-17H2,(H,35,39)(H2,33,41,42)/b27-14-,34-15+,36-30-. The predicted octanol–water partition coefficient (Wildman–Crippen LogP) is 5.46. The van der Waals surface area contributed by atoms with E-state index in [2.05, 4.69) is 15.5 Å². The minimum atomic E-state index is -3.87. The molecule has 1 aliphatic rings. The molecule has 3 aromatic carbocycles. The number of aromatic hydroxyl groups is 1. The van der Waals surface area contributed by atoms with Crippen LogP contribution in [0.15, 0.2) is 103 Å². The summed E-state index contributed by atoms with van der Waals surface area (Å²) in [6.45, 7) is -0.331. The number of thioether (sulfide) groups is 1. The number of nitrogens with one attached hydrogen (secondary N) is 1. The molecule has 0 spiro atoms. The van der Waals surface area contributed by atoms with Crippen LogP contribution in [0.3, 0.4) is 0 Å². The highest BCUT2D eigenvalue weighted by molar-refractivity contribution is 8.18. The summed E-state index contributed by atoms with van der Waals surface area (Å²) in [5.74, 6) is -0.184. The summed E-state index contributed by atoms with van der Waals surface area (Å²) in [4.78, 5) is 27.7. The van der Waals surface area contributed by atoms with E-state index in [9.17, 15) is 23.1 Å². The van der Waals surface area contributed by atoms with Crippen LogP contribution < -0.4 is 15.2 Å². The van der Waals surface area contributed by atoms with E-state index in [1.807, 2.05) is 0 Å². The van der Waals surface area contributed by atoms with Crippen molar-refractivity contribution in [3.8, 4) is 11.5 Å². The van der Waals surface area contributed by atoms with Crippen LogP contribution in [-0.4, -0.2) is 48.2 Å². The Bertz CT molecular complexity index is 1980. The van der Waals surface area contributed by atoms with Crippen molar-refractivity contribution in [1.82, 2.24) is 4.90 Å². The number of anilines is 1. The van der Waals surface area contributed by atoms with E-state index in [-0.39, 0.29) is 33.0 Å². The Morgan fingerprint density at radius 2 is 1.78 bits per heavy atom. The van der Waals surface area contributed by atoms with Crippen LogP contribution in [0.1, 0.15) is 16.9 Å². The molecule has 1 saturated heterocycles. The molecule has 1 aliphatic heterocycles. The number of furan rings is 1. The molecule has 5 rings (SSSR count). The van der Waals surface area contributed by atoms with Crippen LogP contribution in [0.2, 0.25) is 10.0 Å². The summed E-state index contributed by atoms with van der Waals surface area (Å²) in [7, 11) is -3.87. The molecule has 0 radical (unpaired) electrons. The fourth-order valence-electron chi connectivity index (χ4n) is 4.02. The molecular formula is C30H23Cl2N5O7S2. The summed E-state index contributed by atoms with van der Waals surface area (Å²) >= 11 is 13.3. The first kappa shape index (κ1) is 32.8. The van der Waals surface area contributed by atoms with E-state index in [1.165, 1.54) is 59.8 Å². The number of carbonyl (C=O) groups excluding carboxylic acids is 2. The molecule has 1 aromatic heterocycles. The molecule has 16 heteroatoms. The molecule has 46 heavy (non-hydrogen) atoms. The van der Waals surface area contributed by atoms with Gasteiger partial charge in [0.05, 0.1) is 28.8 Å². The van der Waals surface area contributed by atoms with Gasteiger partial charge in [-0.1, -0.05) is 23.2 Å². The monoisotopic (exact) mass is 699 g/mol. The lowest BCUT2D eigenvalue weighted by Gasteiger charge is -2.13. The number of rotatable bonds is 10. The molecule has 12 nitrogen and oxygen atoms in total. The third-order valence-corrected chi connectivity index (χ3v) is 8.59. The molecule has 236 valence electrons. The SMILES string of the molecule is NS(=O)(=O)c1ccc(NC(=O)COc2ccc(Cl)cc2/C=C2\S/C(=N\N=C\c3cc(Cl)ccc3O)N(Cc3ccco3)C2=O)cc1. The Labute approximate surface area is 277 Å². The number of ether oxygens (including phenoxy) is 1. The molecule has 0 unspecified atom stereocenters. The van der Waals surface area contributed by atoms with Gasteiger partial charge in [0.15, 0.2) is 11.8 Å². The van der Waals surface area contributed by atoms with Gasteiger partial charge in [-0.3, -0.25) is 14.5 Å². The van der Waals surface area contributed by atoms with Crippen LogP contribution in [-0.2, 0) is 26.2 Å². The molecule has 0 bridgehead atoms. The summed E-state index contributed by atoms with van der Waals surface area (Å²) in [6, 6.07) is 17.9. The number of phenolic OH excluding ortho intramolecular Hbond substituents is 1. The lowest BCUT2D eigenvalue weighted by Crippen LogP contribution is -2.28. The number of benzene rings is 3. The third kappa shape index (κ3) is 8.35. The van der Waals surface area contributed by atoms with E-state index in [4.69, 9.17) is 37.5 Å². The zero-order chi connectivity index (χ0) is 32.8. The quantitative estimate of drug-likeness (QED) is 0.111. The lowest BCUT2D eigenvalue weighted by atomic mass is 10.2. The largest absolute Gasteiger partial charge is 0.507 e. The molecule has 4 aromatic rings. The fraction of sp³-hybridized carbons (Fsp3) is 0.0667. The van der Waals surface area contributed by atoms with Crippen LogP contribution >= 0.6 is 35.0 Å². The minimum Gasteiger partial charge on any atom is -0.507 e. The zero-order valence-corrected chi connectivity index (χ0v) is 26.6. The van der Waals surface area contributed by atoms with Gasteiger partial charge in [-0.25, -0.2) is 13.6 Å². The maximum atomic E-state index is 13.6. The summed E-state index contributed by atoms with van der Waals surface area (Å²) < 4.78 is 34.1. The molecule has 0 atom stereocenters. The molecule has 2 amide bonds. The van der Waals surface area contributed by atoms with Gasteiger partial charge in [-0.2, -0.15) is 5.10 Å². The number of nitrogens with zero attached hydrogens (tertiary/aromatic N) is 3. The highest BCUT2D eigenvalue weighted by atomic mass is 35.5. The lowest BCUT2D eigenvalue weighted by molar-refractivity contribution is -0.122. The molecular weight excluding hydrogens is 677 g/mol. The zero-order valence-electron chi connectivity index (χ0n) is 23.5. The third-order valence-electron chi connectivity index (χ3n) is 6.20. The van der Waals surface area contributed by atoms with Crippen LogP contribution in [0.4, 0.5) is 5.69 Å². The Hall–Kier alpha value is -4.60. The van der Waals surface area contributed by atoms with Gasteiger partial charge in [-0.05, 0) is 90.6 Å². The van der Waals surface area contributed by atoms with Crippen molar-refractivity contribution >= 4 is 79.9 Å². The van der Waals surface area contributed by atoms with Gasteiger partial charge in [0.25, 0.3) is 11.8 Å². The number of nitrogens with two attached hydrogens (primary N) is 1. The van der Waals surface area contributed by atoms with Crippen molar-refractivity contribution in [2.24, 2.45) is 15.3 Å². The van der Waals surface area contributed by atoms with Gasteiger partial charge in [0.1, 0.15) is 17.3 Å². The molecule has 0 saturated carbocycles. The van der Waals surface area contributed by atoms with Crippen molar-refractivity contribution < 1.29 is 32.3 Å². The minimum absolute atomic E-state index is 0.0429. The summed E-state index contributed by atoms with van der Waals surface area (Å²) in [6.07, 6.45) is 4.36. The maximum Gasteiger partial charge on any atom is 0.267 e. The number of hydrogen-bond acceptors (Lipinski definition) is 10. The first-order valence-corrected chi connectivity index (χ1v) is 16.3. The topological polar surface area (TPSA) is 177 Å². The molecule has 0 aliphatic carbocycles. The van der Waals surface area contributed by atoms with Gasteiger partial charge in [-0.15, -0.1) is 5.10 Å². The van der Waals surface area contributed by atoms with Crippen molar-refractivity contribution in [3.05, 3.63) is 111 Å².